The van der Waals surface area contributed by atoms with E-state index in [0.717, 1.165) is 33.9 Å². The molecule has 2 N–H and O–H groups in total. The van der Waals surface area contributed by atoms with Crippen LogP contribution >= 0.6 is 0 Å². The normalized spacial score (nSPS) is 16.8. The lowest BCUT2D eigenvalue weighted by Crippen LogP contribution is -2.45. The number of rotatable bonds is 6. The topological polar surface area (TPSA) is 82.5 Å². The molecule has 1 aliphatic rings. The molecule has 2 unspecified atom stereocenters. The van der Waals surface area contributed by atoms with Crippen LogP contribution in [0.5, 0.6) is 0 Å². The van der Waals surface area contributed by atoms with Gasteiger partial charge in [-0.15, -0.1) is 0 Å². The Morgan fingerprint density at radius 1 is 1.00 bits per heavy atom. The first kappa shape index (κ1) is 24.5. The van der Waals surface area contributed by atoms with Crippen LogP contribution in [0.3, 0.4) is 0 Å². The number of hydrogen-bond acceptors (Lipinski definition) is 3. The van der Waals surface area contributed by atoms with E-state index < -0.39 is 11.6 Å². The number of carbonyl (C=O) groups excluding carboxylic acids is 1. The van der Waals surface area contributed by atoms with Crippen LogP contribution in [-0.4, -0.2) is 27.6 Å². The number of aromatic nitrogens is 1. The molecule has 2 atom stereocenters. The number of carboxylic acid groups (broad SMARTS) is 1. The summed E-state index contributed by atoms with van der Waals surface area (Å²) in [5, 5.41) is 14.9. The largest absolute Gasteiger partial charge is 0.465 e. The van der Waals surface area contributed by atoms with Gasteiger partial charge in [0.05, 0.1) is 0 Å². The number of nitrogens with one attached hydrogen (secondary N) is 1. The Morgan fingerprint density at radius 3 is 2.51 bits per heavy atom. The van der Waals surface area contributed by atoms with Gasteiger partial charge < -0.3 is 10.4 Å². The summed E-state index contributed by atoms with van der Waals surface area (Å²) in [5.41, 5.74) is 4.16. The third-order valence-electron chi connectivity index (χ3n) is 6.99. The number of fused-ring (bicyclic) bond motifs is 1. The van der Waals surface area contributed by atoms with E-state index >= 15 is 0 Å². The highest BCUT2D eigenvalue weighted by molar-refractivity contribution is 5.99. The number of nitrogens with zero attached hydrogens (tertiary/aromatic N) is 2. The molecule has 37 heavy (non-hydrogen) atoms. The zero-order chi connectivity index (χ0) is 26.2. The van der Waals surface area contributed by atoms with Crippen molar-refractivity contribution in [1.29, 1.82) is 0 Å². The first-order valence-corrected chi connectivity index (χ1v) is 12.6. The molecule has 5 rings (SSSR count). The van der Waals surface area contributed by atoms with Gasteiger partial charge in [-0.1, -0.05) is 54.6 Å². The van der Waals surface area contributed by atoms with Crippen LogP contribution in [-0.2, 0) is 11.3 Å². The molecule has 0 saturated heterocycles. The summed E-state index contributed by atoms with van der Waals surface area (Å²) < 4.78 is 0. The minimum atomic E-state index is -0.991. The fourth-order valence-corrected chi connectivity index (χ4v) is 5.12. The quantitative estimate of drug-likeness (QED) is 0.317. The van der Waals surface area contributed by atoms with Crippen molar-refractivity contribution in [2.45, 2.75) is 45.2 Å². The molecule has 4 aromatic rings. The molecule has 6 heteroatoms. The van der Waals surface area contributed by atoms with Gasteiger partial charge in [-0.25, -0.2) is 4.79 Å². The lowest BCUT2D eigenvalue weighted by atomic mass is 9.95. The van der Waals surface area contributed by atoms with Crippen LogP contribution in [0.2, 0.25) is 0 Å². The van der Waals surface area contributed by atoms with Crippen LogP contribution in [0.25, 0.3) is 21.9 Å². The van der Waals surface area contributed by atoms with Gasteiger partial charge in [0.1, 0.15) is 0 Å². The molecular weight excluding hydrogens is 462 g/mol. The molecule has 0 aliphatic heterocycles. The number of benzene rings is 3. The highest BCUT2D eigenvalue weighted by Gasteiger charge is 2.43. The average Bonchev–Trinajstić information content (AvgIpc) is 3.68. The Bertz CT molecular complexity index is 1460. The van der Waals surface area contributed by atoms with Gasteiger partial charge in [0.2, 0.25) is 5.91 Å². The first-order chi connectivity index (χ1) is 17.7. The molecule has 3 aromatic carbocycles. The van der Waals surface area contributed by atoms with Crippen molar-refractivity contribution in [2.24, 2.45) is 5.92 Å². The lowest BCUT2D eigenvalue weighted by molar-refractivity contribution is -0.122. The summed E-state index contributed by atoms with van der Waals surface area (Å²) in [6, 6.07) is 23.8. The summed E-state index contributed by atoms with van der Waals surface area (Å²) in [6.45, 7) is 6.06. The second-order valence-electron chi connectivity index (χ2n) is 10.6. The average molecular weight is 494 g/mol. The molecule has 188 valence electrons. The minimum absolute atomic E-state index is 0.0220. The van der Waals surface area contributed by atoms with Crippen LogP contribution in [0.15, 0.2) is 85.2 Å². The number of pyridine rings is 1. The van der Waals surface area contributed by atoms with Crippen molar-refractivity contribution in [3.8, 4) is 11.1 Å². The molecular formula is C31H31N3O3. The Morgan fingerprint density at radius 2 is 1.78 bits per heavy atom. The smallest absolute Gasteiger partial charge is 0.412 e. The van der Waals surface area contributed by atoms with E-state index in [9.17, 15) is 14.7 Å². The second-order valence-corrected chi connectivity index (χ2v) is 10.6. The third kappa shape index (κ3) is 5.05. The molecule has 6 nitrogen and oxygen atoms in total. The maximum absolute atomic E-state index is 12.8. The van der Waals surface area contributed by atoms with Gasteiger partial charge in [0.25, 0.3) is 0 Å². The van der Waals surface area contributed by atoms with Crippen LogP contribution in [0, 0.1) is 5.92 Å². The summed E-state index contributed by atoms with van der Waals surface area (Å²) in [6.07, 6.45) is 3.48. The van der Waals surface area contributed by atoms with E-state index in [4.69, 9.17) is 0 Å². The Balaban J connectivity index is 1.39. The van der Waals surface area contributed by atoms with E-state index in [2.05, 4.69) is 22.4 Å². The summed E-state index contributed by atoms with van der Waals surface area (Å²) in [5.74, 6) is 0.403. The predicted molar refractivity (Wildman–Crippen MR) is 147 cm³/mol. The molecule has 1 fully saturated rings. The van der Waals surface area contributed by atoms with E-state index in [1.165, 1.54) is 10.5 Å². The third-order valence-corrected chi connectivity index (χ3v) is 6.99. The van der Waals surface area contributed by atoms with Gasteiger partial charge >= 0.3 is 6.09 Å². The molecule has 0 bridgehead atoms. The molecule has 1 saturated carbocycles. The van der Waals surface area contributed by atoms with Gasteiger partial charge in [0, 0.05) is 41.5 Å². The molecule has 1 heterocycles. The number of amides is 2. The second kappa shape index (κ2) is 9.69. The SMILES string of the molecule is CC(C)(C)N(C(=O)O)c1cccc(-c2ccc(CNC(=O)C3CC3c3ccccc3)c3cnccc23)c1. The maximum Gasteiger partial charge on any atom is 0.412 e. The van der Waals surface area contributed by atoms with Crippen LogP contribution in [0.4, 0.5) is 10.5 Å². The van der Waals surface area contributed by atoms with E-state index in [1.807, 2.05) is 87.6 Å². The highest BCUT2D eigenvalue weighted by atomic mass is 16.4. The van der Waals surface area contributed by atoms with Crippen molar-refractivity contribution < 1.29 is 14.7 Å². The number of hydrogen-bond donors (Lipinski definition) is 2. The zero-order valence-electron chi connectivity index (χ0n) is 21.3. The van der Waals surface area contributed by atoms with Crippen LogP contribution in [0.1, 0.15) is 44.2 Å². The summed E-state index contributed by atoms with van der Waals surface area (Å²) in [4.78, 5) is 30.6. The molecule has 2 amide bonds. The molecule has 0 spiro atoms. The molecule has 1 aromatic heterocycles. The van der Waals surface area contributed by atoms with Gasteiger partial charge in [-0.2, -0.15) is 0 Å². The van der Waals surface area contributed by atoms with Gasteiger partial charge in [-0.05, 0) is 78.9 Å². The van der Waals surface area contributed by atoms with Crippen molar-refractivity contribution in [3.63, 3.8) is 0 Å². The maximum atomic E-state index is 12.8. The van der Waals surface area contributed by atoms with E-state index in [1.54, 1.807) is 6.20 Å². The van der Waals surface area contributed by atoms with Crippen molar-refractivity contribution in [1.82, 2.24) is 10.3 Å². The Kier molecular flexibility index (Phi) is 6.42. The highest BCUT2D eigenvalue weighted by Crippen LogP contribution is 2.47. The van der Waals surface area contributed by atoms with Gasteiger partial charge in [-0.3, -0.25) is 14.7 Å². The van der Waals surface area contributed by atoms with Crippen molar-refractivity contribution in [3.05, 3.63) is 96.3 Å². The van der Waals surface area contributed by atoms with Crippen LogP contribution < -0.4 is 10.2 Å². The fraction of sp³-hybridized carbons (Fsp3) is 0.258. The molecule has 1 aliphatic carbocycles. The standard InChI is InChI=1S/C31H31N3O3/c1-31(2,3)34(30(36)37)23-11-7-10-21(16-23)24-13-12-22(28-19-32-15-14-25(24)28)18-33-29(35)27-17-26(27)20-8-5-4-6-9-20/h4-16,19,26-27H,17-18H2,1-3H3,(H,33,35)(H,36,37). The number of carbonyl (C=O) groups is 2. The van der Waals surface area contributed by atoms with Crippen molar-refractivity contribution in [2.75, 3.05) is 4.90 Å². The Labute approximate surface area is 217 Å². The number of anilines is 1. The zero-order valence-corrected chi connectivity index (χ0v) is 21.3. The minimum Gasteiger partial charge on any atom is -0.465 e. The fourth-order valence-electron chi connectivity index (χ4n) is 5.12. The monoisotopic (exact) mass is 493 g/mol. The van der Waals surface area contributed by atoms with E-state index in [-0.39, 0.29) is 11.8 Å². The summed E-state index contributed by atoms with van der Waals surface area (Å²) >= 11 is 0. The predicted octanol–water partition coefficient (Wildman–Crippen LogP) is 6.60. The van der Waals surface area contributed by atoms with E-state index in [0.29, 0.717) is 18.2 Å². The summed E-state index contributed by atoms with van der Waals surface area (Å²) in [7, 11) is 0. The molecule has 0 radical (unpaired) electrons. The lowest BCUT2D eigenvalue weighted by Gasteiger charge is -2.33. The van der Waals surface area contributed by atoms with Crippen molar-refractivity contribution >= 4 is 28.5 Å². The first-order valence-electron chi connectivity index (χ1n) is 12.6. The van der Waals surface area contributed by atoms with Gasteiger partial charge in [0.15, 0.2) is 0 Å². The Hall–Kier alpha value is -4.19.